The summed E-state index contributed by atoms with van der Waals surface area (Å²) < 4.78 is 27.7. The van der Waals surface area contributed by atoms with Gasteiger partial charge in [-0.05, 0) is 30.3 Å². The summed E-state index contributed by atoms with van der Waals surface area (Å²) in [6.45, 7) is 0. The highest BCUT2D eigenvalue weighted by molar-refractivity contribution is 7.93. The van der Waals surface area contributed by atoms with Crippen LogP contribution in [-0.4, -0.2) is 18.3 Å². The Kier molecular flexibility index (Phi) is 4.08. The molecule has 122 valence electrons. The Hall–Kier alpha value is -2.71. The van der Waals surface area contributed by atoms with E-state index < -0.39 is 14.9 Å². The zero-order chi connectivity index (χ0) is 17.3. The van der Waals surface area contributed by atoms with E-state index in [1.807, 2.05) is 0 Å². The minimum atomic E-state index is -3.97. The number of pyridine rings is 1. The predicted molar refractivity (Wildman–Crippen MR) is 90.7 cm³/mol. The quantitative estimate of drug-likeness (QED) is 0.563. The van der Waals surface area contributed by atoms with Gasteiger partial charge in [0.2, 0.25) is 0 Å². The van der Waals surface area contributed by atoms with E-state index in [9.17, 15) is 18.5 Å². The van der Waals surface area contributed by atoms with Gasteiger partial charge in [0, 0.05) is 23.7 Å². The molecule has 0 aliphatic rings. The zero-order valence-electron chi connectivity index (χ0n) is 12.0. The van der Waals surface area contributed by atoms with Gasteiger partial charge in [-0.1, -0.05) is 17.7 Å². The maximum absolute atomic E-state index is 12.7. The number of non-ortho nitro benzene ring substituents is 1. The highest BCUT2D eigenvalue weighted by Gasteiger charge is 2.20. The molecular formula is C15H10ClN3O4S. The van der Waals surface area contributed by atoms with E-state index in [4.69, 9.17) is 11.6 Å². The number of fused-ring (bicyclic) bond motifs is 1. The largest absolute Gasteiger partial charge is 0.279 e. The van der Waals surface area contributed by atoms with Crippen LogP contribution >= 0.6 is 11.6 Å². The fourth-order valence-corrected chi connectivity index (χ4v) is 3.70. The van der Waals surface area contributed by atoms with Crippen molar-refractivity contribution in [3.05, 3.63) is 69.9 Å². The summed E-state index contributed by atoms with van der Waals surface area (Å²) >= 11 is 6.04. The van der Waals surface area contributed by atoms with Crippen LogP contribution in [0.25, 0.3) is 10.9 Å². The lowest BCUT2D eigenvalue weighted by atomic mass is 10.2. The van der Waals surface area contributed by atoms with Crippen molar-refractivity contribution in [3.63, 3.8) is 0 Å². The van der Waals surface area contributed by atoms with Gasteiger partial charge in [0.25, 0.3) is 15.7 Å². The summed E-state index contributed by atoms with van der Waals surface area (Å²) in [6.07, 6.45) is 1.51. The molecule has 1 heterocycles. The lowest BCUT2D eigenvalue weighted by Crippen LogP contribution is -2.13. The highest BCUT2D eigenvalue weighted by Crippen LogP contribution is 2.29. The number of anilines is 1. The Balaban J connectivity index is 2.08. The van der Waals surface area contributed by atoms with Crippen LogP contribution < -0.4 is 4.72 Å². The van der Waals surface area contributed by atoms with E-state index in [2.05, 4.69) is 9.71 Å². The summed E-state index contributed by atoms with van der Waals surface area (Å²) in [5, 5.41) is 11.5. The number of nitrogens with zero attached hydrogens (tertiary/aromatic N) is 2. The molecule has 1 N–H and O–H groups in total. The molecule has 0 bridgehead atoms. The van der Waals surface area contributed by atoms with Gasteiger partial charge < -0.3 is 0 Å². The zero-order valence-corrected chi connectivity index (χ0v) is 13.6. The third-order valence-electron chi connectivity index (χ3n) is 3.28. The second-order valence-corrected chi connectivity index (χ2v) is 6.92. The predicted octanol–water partition coefficient (Wildman–Crippen LogP) is 3.60. The van der Waals surface area contributed by atoms with E-state index in [0.29, 0.717) is 15.9 Å². The van der Waals surface area contributed by atoms with Crippen LogP contribution in [0.1, 0.15) is 0 Å². The van der Waals surface area contributed by atoms with Crippen molar-refractivity contribution in [1.29, 1.82) is 0 Å². The van der Waals surface area contributed by atoms with Gasteiger partial charge in [-0.2, -0.15) is 0 Å². The minimum Gasteiger partial charge on any atom is -0.279 e. The Morgan fingerprint density at radius 2 is 1.92 bits per heavy atom. The molecule has 0 atom stereocenters. The van der Waals surface area contributed by atoms with Crippen LogP contribution in [-0.2, 0) is 10.0 Å². The van der Waals surface area contributed by atoms with Crippen molar-refractivity contribution in [3.8, 4) is 0 Å². The van der Waals surface area contributed by atoms with Crippen molar-refractivity contribution < 1.29 is 13.3 Å². The van der Waals surface area contributed by atoms with Crippen molar-refractivity contribution in [2.24, 2.45) is 0 Å². The molecular weight excluding hydrogens is 354 g/mol. The third kappa shape index (κ3) is 3.01. The van der Waals surface area contributed by atoms with Crippen LogP contribution in [0.4, 0.5) is 11.4 Å². The van der Waals surface area contributed by atoms with Crippen molar-refractivity contribution in [2.45, 2.75) is 4.90 Å². The Labute approximate surface area is 142 Å². The first kappa shape index (κ1) is 16.2. The standard InChI is InChI=1S/C15H10ClN3O4S/c16-13-6-7-14(12-5-2-8-17-15(12)13)24(22,23)18-10-3-1-4-11(9-10)19(20)21/h1-9,18H. The molecule has 7 nitrogen and oxygen atoms in total. The number of hydrogen-bond acceptors (Lipinski definition) is 5. The molecule has 0 unspecified atom stereocenters. The molecule has 9 heteroatoms. The molecule has 3 aromatic rings. The van der Waals surface area contributed by atoms with Crippen LogP contribution in [0, 0.1) is 10.1 Å². The first-order valence-corrected chi connectivity index (χ1v) is 8.55. The molecule has 0 amide bonds. The fraction of sp³-hybridized carbons (Fsp3) is 0. The summed E-state index contributed by atoms with van der Waals surface area (Å²) in [6, 6.07) is 11.3. The second-order valence-electron chi connectivity index (χ2n) is 4.86. The van der Waals surface area contributed by atoms with Gasteiger partial charge in [-0.25, -0.2) is 8.42 Å². The number of rotatable bonds is 4. The van der Waals surface area contributed by atoms with Crippen molar-refractivity contribution in [2.75, 3.05) is 4.72 Å². The smallest absolute Gasteiger partial charge is 0.271 e. The molecule has 2 aromatic carbocycles. The lowest BCUT2D eigenvalue weighted by Gasteiger charge is -2.11. The monoisotopic (exact) mass is 363 g/mol. The molecule has 3 rings (SSSR count). The Morgan fingerprint density at radius 3 is 2.67 bits per heavy atom. The molecule has 0 aliphatic carbocycles. The van der Waals surface area contributed by atoms with E-state index >= 15 is 0 Å². The van der Waals surface area contributed by atoms with Gasteiger partial charge in [-0.15, -0.1) is 0 Å². The first-order chi connectivity index (χ1) is 11.4. The molecule has 0 spiro atoms. The number of aromatic nitrogens is 1. The first-order valence-electron chi connectivity index (χ1n) is 6.69. The summed E-state index contributed by atoms with van der Waals surface area (Å²) in [5.74, 6) is 0. The van der Waals surface area contributed by atoms with Gasteiger partial charge in [-0.3, -0.25) is 19.8 Å². The van der Waals surface area contributed by atoms with E-state index in [1.54, 1.807) is 12.1 Å². The van der Waals surface area contributed by atoms with Crippen LogP contribution in [0.15, 0.2) is 59.6 Å². The number of hydrogen-bond donors (Lipinski definition) is 1. The number of sulfonamides is 1. The molecule has 0 aliphatic heterocycles. The molecule has 0 radical (unpaired) electrons. The SMILES string of the molecule is O=[N+]([O-])c1cccc(NS(=O)(=O)c2ccc(Cl)c3ncccc23)c1. The van der Waals surface area contributed by atoms with Crippen LogP contribution in [0.3, 0.4) is 0 Å². The van der Waals surface area contributed by atoms with Crippen LogP contribution in [0.5, 0.6) is 0 Å². The summed E-state index contributed by atoms with van der Waals surface area (Å²) in [4.78, 5) is 14.3. The van der Waals surface area contributed by atoms with Crippen LogP contribution in [0.2, 0.25) is 5.02 Å². The summed E-state index contributed by atoms with van der Waals surface area (Å²) in [5.41, 5.74) is 0.245. The average molecular weight is 364 g/mol. The van der Waals surface area contributed by atoms with Gasteiger partial charge in [0.15, 0.2) is 0 Å². The molecule has 1 aromatic heterocycles. The Bertz CT molecular complexity index is 1050. The fourth-order valence-electron chi connectivity index (χ4n) is 2.24. The molecule has 0 fully saturated rings. The van der Waals surface area contributed by atoms with E-state index in [-0.39, 0.29) is 16.3 Å². The van der Waals surface area contributed by atoms with E-state index in [0.717, 1.165) is 6.07 Å². The number of nitro groups is 1. The third-order valence-corrected chi connectivity index (χ3v) is 5.02. The number of nitro benzene ring substituents is 1. The second kappa shape index (κ2) is 6.06. The number of benzene rings is 2. The molecule has 24 heavy (non-hydrogen) atoms. The number of nitrogens with one attached hydrogen (secondary N) is 1. The Morgan fingerprint density at radius 1 is 1.12 bits per heavy atom. The minimum absolute atomic E-state index is 0.0125. The van der Waals surface area contributed by atoms with Gasteiger partial charge in [0.1, 0.15) is 0 Å². The van der Waals surface area contributed by atoms with Gasteiger partial charge in [0.05, 0.1) is 26.0 Å². The summed E-state index contributed by atoms with van der Waals surface area (Å²) in [7, 11) is -3.97. The van der Waals surface area contributed by atoms with Crippen molar-refractivity contribution in [1.82, 2.24) is 4.98 Å². The average Bonchev–Trinajstić information content (AvgIpc) is 2.55. The van der Waals surface area contributed by atoms with Crippen molar-refractivity contribution >= 4 is 43.9 Å². The van der Waals surface area contributed by atoms with Gasteiger partial charge >= 0.3 is 0 Å². The molecule has 0 saturated heterocycles. The highest BCUT2D eigenvalue weighted by atomic mass is 35.5. The number of halogens is 1. The maximum atomic E-state index is 12.7. The lowest BCUT2D eigenvalue weighted by molar-refractivity contribution is -0.384. The normalized spacial score (nSPS) is 11.4. The molecule has 0 saturated carbocycles. The van der Waals surface area contributed by atoms with E-state index in [1.165, 1.54) is 36.5 Å². The maximum Gasteiger partial charge on any atom is 0.271 e. The topological polar surface area (TPSA) is 102 Å².